The minimum Gasteiger partial charge on any atom is -0.309 e. The highest BCUT2D eigenvalue weighted by Gasteiger charge is 2.20. The largest absolute Gasteiger partial charge is 0.309 e. The Bertz CT molecular complexity index is 4560. The van der Waals surface area contributed by atoms with Crippen LogP contribution in [0.5, 0.6) is 0 Å². The molecule has 0 N–H and O–H groups in total. The molecular weight excluding hydrogens is 1040 g/mol. The van der Waals surface area contributed by atoms with Gasteiger partial charge in [-0.2, -0.15) is 0 Å². The van der Waals surface area contributed by atoms with Gasteiger partial charge in [0.05, 0.1) is 22.1 Å². The molecule has 86 heavy (non-hydrogen) atoms. The van der Waals surface area contributed by atoms with Crippen LogP contribution in [0.15, 0.2) is 340 Å². The zero-order valence-electron chi connectivity index (χ0n) is 47.2. The summed E-state index contributed by atoms with van der Waals surface area (Å²) >= 11 is 0. The Hall–Kier alpha value is -11.3. The quantitative estimate of drug-likeness (QED) is 0.122. The summed E-state index contributed by atoms with van der Waals surface area (Å²) in [5.41, 5.74) is 28.5. The first kappa shape index (κ1) is 50.4. The molecule has 16 aromatic rings. The van der Waals surface area contributed by atoms with Gasteiger partial charge in [0.25, 0.3) is 0 Å². The summed E-state index contributed by atoms with van der Waals surface area (Å²) in [4.78, 5) is 0. The molecule has 2 nitrogen and oxygen atoms in total. The molecule has 0 aliphatic heterocycles. The molecule has 0 radical (unpaired) electrons. The topological polar surface area (TPSA) is 9.86 Å². The summed E-state index contributed by atoms with van der Waals surface area (Å²) < 4.78 is 4.88. The second-order valence-corrected chi connectivity index (χ2v) is 22.3. The van der Waals surface area contributed by atoms with Gasteiger partial charge in [0.15, 0.2) is 0 Å². The van der Waals surface area contributed by atoms with Gasteiger partial charge in [0.2, 0.25) is 0 Å². The summed E-state index contributed by atoms with van der Waals surface area (Å²) in [6, 6.07) is 124. The summed E-state index contributed by atoms with van der Waals surface area (Å²) in [6.45, 7) is 0. The molecule has 2 aromatic heterocycles. The predicted molar refractivity (Wildman–Crippen MR) is 364 cm³/mol. The van der Waals surface area contributed by atoms with Crippen molar-refractivity contribution in [1.29, 1.82) is 0 Å². The van der Waals surface area contributed by atoms with Gasteiger partial charge in [-0.1, -0.05) is 267 Å². The van der Waals surface area contributed by atoms with E-state index in [9.17, 15) is 0 Å². The second kappa shape index (κ2) is 21.5. The summed E-state index contributed by atoms with van der Waals surface area (Å²) in [6.07, 6.45) is 0. The molecule has 0 unspecified atom stereocenters. The van der Waals surface area contributed by atoms with Gasteiger partial charge in [-0.3, -0.25) is 0 Å². The van der Waals surface area contributed by atoms with Crippen molar-refractivity contribution in [3.8, 4) is 112 Å². The van der Waals surface area contributed by atoms with E-state index in [-0.39, 0.29) is 0 Å². The molecule has 16 rings (SSSR count). The van der Waals surface area contributed by atoms with Crippen LogP contribution in [0.25, 0.3) is 155 Å². The van der Waals surface area contributed by atoms with E-state index in [1.807, 2.05) is 0 Å². The number of nitrogens with zero attached hydrogens (tertiary/aromatic N) is 2. The average molecular weight is 1090 g/mol. The van der Waals surface area contributed by atoms with Crippen molar-refractivity contribution < 1.29 is 0 Å². The SMILES string of the molecule is c1ccc(-c2ccccc2-c2ccc3c(c2)c2cc(-c4ccccc4-c4ccccc4)ccc2n3-c2ccc(-c3ccc(-n4c5ccc(-c6ccccc6-c6ccccc6)cc5c5cc(-c6ccccc6-c6ccccc6)ccc54)cc3)cc2)cc1. The maximum atomic E-state index is 2.44. The van der Waals surface area contributed by atoms with Crippen LogP contribution in [0.3, 0.4) is 0 Å². The molecule has 0 atom stereocenters. The molecule has 0 aliphatic carbocycles. The lowest BCUT2D eigenvalue weighted by atomic mass is 9.92. The summed E-state index contributed by atoms with van der Waals surface area (Å²) in [5, 5.41) is 4.85. The predicted octanol–water partition coefficient (Wildman–Crippen LogP) is 22.9. The number of aromatic nitrogens is 2. The molecule has 14 aromatic carbocycles. The Labute approximate surface area is 501 Å². The van der Waals surface area contributed by atoms with Crippen molar-refractivity contribution in [3.05, 3.63) is 340 Å². The van der Waals surface area contributed by atoms with Crippen LogP contribution in [-0.4, -0.2) is 9.13 Å². The first-order chi connectivity index (χ1) is 42.7. The van der Waals surface area contributed by atoms with Crippen LogP contribution >= 0.6 is 0 Å². The third-order valence-corrected chi connectivity index (χ3v) is 17.4. The van der Waals surface area contributed by atoms with Gasteiger partial charge >= 0.3 is 0 Å². The van der Waals surface area contributed by atoms with Gasteiger partial charge < -0.3 is 9.13 Å². The van der Waals surface area contributed by atoms with E-state index >= 15 is 0 Å². The Morgan fingerprint density at radius 1 is 0.140 bits per heavy atom. The first-order valence-corrected chi connectivity index (χ1v) is 29.6. The molecule has 0 spiro atoms. The summed E-state index contributed by atoms with van der Waals surface area (Å²) in [5.74, 6) is 0. The molecule has 402 valence electrons. The average Bonchev–Trinajstić information content (AvgIpc) is 2.43. The molecule has 0 fully saturated rings. The monoisotopic (exact) mass is 1090 g/mol. The molecule has 0 saturated carbocycles. The third-order valence-electron chi connectivity index (χ3n) is 17.4. The lowest BCUT2D eigenvalue weighted by Gasteiger charge is -2.13. The van der Waals surface area contributed by atoms with E-state index in [0.29, 0.717) is 0 Å². The fourth-order valence-corrected chi connectivity index (χ4v) is 13.3. The van der Waals surface area contributed by atoms with Crippen LogP contribution in [-0.2, 0) is 0 Å². The molecule has 0 aliphatic rings. The normalized spacial score (nSPS) is 11.5. The highest BCUT2D eigenvalue weighted by molar-refractivity contribution is 6.14. The van der Waals surface area contributed by atoms with E-state index in [4.69, 9.17) is 0 Å². The Morgan fingerprint density at radius 2 is 0.326 bits per heavy atom. The fourth-order valence-electron chi connectivity index (χ4n) is 13.3. The van der Waals surface area contributed by atoms with Crippen LogP contribution in [0.4, 0.5) is 0 Å². The highest BCUT2D eigenvalue weighted by atomic mass is 15.0. The minimum absolute atomic E-state index is 1.11. The number of rotatable bonds is 11. The molecule has 0 amide bonds. The summed E-state index contributed by atoms with van der Waals surface area (Å²) in [7, 11) is 0. The smallest absolute Gasteiger partial charge is 0.0541 e. The van der Waals surface area contributed by atoms with E-state index < -0.39 is 0 Å². The molecule has 0 saturated heterocycles. The van der Waals surface area contributed by atoms with Gasteiger partial charge in [0, 0.05) is 32.9 Å². The van der Waals surface area contributed by atoms with Gasteiger partial charge in [0.1, 0.15) is 0 Å². The standard InChI is InChI=1S/C84H56N2/c1-5-21-59(22-6-1)69-29-13-17-33-73(69)63-41-49-81-77(53-63)78-54-64(74-34-18-14-30-70(74)60-23-7-2-8-24-60)42-50-82(78)85(81)67-45-37-57(38-46-67)58-39-47-68(48-40-58)86-83-51-43-65(75-35-19-15-31-71(75)61-25-9-3-10-26-61)55-79(83)80-56-66(44-52-84(80)86)76-36-20-16-32-72(76)62-27-11-4-12-28-62/h1-56H. The maximum absolute atomic E-state index is 2.44. The van der Waals surface area contributed by atoms with Crippen LogP contribution in [0, 0.1) is 0 Å². The first-order valence-electron chi connectivity index (χ1n) is 29.6. The highest BCUT2D eigenvalue weighted by Crippen LogP contribution is 2.44. The van der Waals surface area contributed by atoms with E-state index in [1.54, 1.807) is 0 Å². The lowest BCUT2D eigenvalue weighted by molar-refractivity contribution is 1.18. The number of fused-ring (bicyclic) bond motifs is 6. The van der Waals surface area contributed by atoms with Crippen molar-refractivity contribution in [1.82, 2.24) is 9.13 Å². The molecule has 0 bridgehead atoms. The molecule has 2 heteroatoms. The van der Waals surface area contributed by atoms with Gasteiger partial charge in [-0.05, 0) is 173 Å². The van der Waals surface area contributed by atoms with Crippen molar-refractivity contribution in [2.75, 3.05) is 0 Å². The van der Waals surface area contributed by atoms with Gasteiger partial charge in [-0.25, -0.2) is 0 Å². The van der Waals surface area contributed by atoms with Crippen molar-refractivity contribution in [2.45, 2.75) is 0 Å². The maximum Gasteiger partial charge on any atom is 0.0541 e. The fraction of sp³-hybridized carbons (Fsp3) is 0. The van der Waals surface area contributed by atoms with Crippen molar-refractivity contribution >= 4 is 43.6 Å². The third kappa shape index (κ3) is 8.91. The van der Waals surface area contributed by atoms with Crippen molar-refractivity contribution in [3.63, 3.8) is 0 Å². The zero-order chi connectivity index (χ0) is 56.9. The Morgan fingerprint density at radius 3 is 0.547 bits per heavy atom. The van der Waals surface area contributed by atoms with Gasteiger partial charge in [-0.15, -0.1) is 0 Å². The van der Waals surface area contributed by atoms with E-state index in [2.05, 4.69) is 349 Å². The molecular formula is C84H56N2. The number of hydrogen-bond donors (Lipinski definition) is 0. The van der Waals surface area contributed by atoms with E-state index in [1.165, 1.54) is 111 Å². The second-order valence-electron chi connectivity index (χ2n) is 22.3. The van der Waals surface area contributed by atoms with Crippen LogP contribution in [0.2, 0.25) is 0 Å². The van der Waals surface area contributed by atoms with E-state index in [0.717, 1.165) is 44.6 Å². The van der Waals surface area contributed by atoms with Crippen LogP contribution < -0.4 is 0 Å². The van der Waals surface area contributed by atoms with Crippen LogP contribution in [0.1, 0.15) is 0 Å². The number of benzene rings is 14. The Kier molecular flexibility index (Phi) is 12.6. The molecule has 2 heterocycles. The zero-order valence-corrected chi connectivity index (χ0v) is 47.2. The van der Waals surface area contributed by atoms with Crippen molar-refractivity contribution in [2.24, 2.45) is 0 Å². The number of hydrogen-bond acceptors (Lipinski definition) is 0. The minimum atomic E-state index is 1.11. The Balaban J connectivity index is 0.793. The lowest BCUT2D eigenvalue weighted by Crippen LogP contribution is -1.95.